The van der Waals surface area contributed by atoms with Gasteiger partial charge in [0.1, 0.15) is 11.3 Å². The Kier molecular flexibility index (Phi) is 3.91. The molecule has 1 aromatic heterocycles. The minimum atomic E-state index is -1.30. The van der Waals surface area contributed by atoms with Gasteiger partial charge in [-0.3, -0.25) is 4.79 Å². The van der Waals surface area contributed by atoms with Crippen molar-refractivity contribution in [3.63, 3.8) is 0 Å². The quantitative estimate of drug-likeness (QED) is 0.776. The number of rotatable bonds is 1. The summed E-state index contributed by atoms with van der Waals surface area (Å²) in [5.41, 5.74) is -2.26. The maximum Gasteiger partial charge on any atom is 0.422 e. The van der Waals surface area contributed by atoms with E-state index in [1.54, 1.807) is 20.8 Å². The average Bonchev–Trinajstić information content (AvgIpc) is 2.95. The average molecular weight is 349 g/mol. The van der Waals surface area contributed by atoms with Crippen LogP contribution in [0.3, 0.4) is 0 Å². The number of carboxylic acid groups (broad SMARTS) is 1. The van der Waals surface area contributed by atoms with Gasteiger partial charge < -0.3 is 19.9 Å². The smallest absolute Gasteiger partial charge is 0.422 e. The maximum absolute atomic E-state index is 13.0. The highest BCUT2D eigenvalue weighted by atomic mass is 16.6. The second kappa shape index (κ2) is 5.69. The maximum atomic E-state index is 13.0. The molecule has 134 valence electrons. The highest BCUT2D eigenvalue weighted by Gasteiger charge is 2.53. The Hall–Kier alpha value is -2.68. The van der Waals surface area contributed by atoms with Gasteiger partial charge in [0.25, 0.3) is 5.91 Å². The molecule has 0 aliphatic carbocycles. The first-order chi connectivity index (χ1) is 11.6. The summed E-state index contributed by atoms with van der Waals surface area (Å²) in [7, 11) is 0. The van der Waals surface area contributed by atoms with Gasteiger partial charge in [-0.2, -0.15) is 0 Å². The van der Waals surface area contributed by atoms with E-state index < -0.39 is 29.2 Å². The van der Waals surface area contributed by atoms with Crippen molar-refractivity contribution in [1.82, 2.24) is 10.3 Å². The lowest BCUT2D eigenvalue weighted by Crippen LogP contribution is -2.59. The molecule has 1 spiro atoms. The van der Waals surface area contributed by atoms with Gasteiger partial charge in [0, 0.05) is 13.0 Å². The summed E-state index contributed by atoms with van der Waals surface area (Å²) >= 11 is 0. The molecule has 3 heterocycles. The zero-order valence-electron chi connectivity index (χ0n) is 14.2. The number of carbonyl (C=O) groups is 3. The first kappa shape index (κ1) is 17.2. The Balaban J connectivity index is 2.08. The third-order valence-corrected chi connectivity index (χ3v) is 3.88. The molecule has 0 saturated carbocycles. The van der Waals surface area contributed by atoms with Crippen LogP contribution in [0.1, 0.15) is 37.7 Å². The molecule has 1 saturated heterocycles. The van der Waals surface area contributed by atoms with Crippen LogP contribution in [0.2, 0.25) is 0 Å². The lowest BCUT2D eigenvalue weighted by atomic mass is 9.99. The Morgan fingerprint density at radius 2 is 2.12 bits per heavy atom. The second-order valence-electron chi connectivity index (χ2n) is 6.97. The number of aromatic carboxylic acids is 1. The number of carboxylic acids is 1. The van der Waals surface area contributed by atoms with E-state index in [2.05, 4.69) is 10.3 Å². The molecule has 9 nitrogen and oxygen atoms in total. The summed E-state index contributed by atoms with van der Waals surface area (Å²) in [6.45, 7) is 5.80. The number of fused-ring (bicyclic) bond motifs is 1. The number of anilines is 1. The summed E-state index contributed by atoms with van der Waals surface area (Å²) in [6.07, 6.45) is -0.512. The minimum absolute atomic E-state index is 0.0711. The predicted molar refractivity (Wildman–Crippen MR) is 85.8 cm³/mol. The van der Waals surface area contributed by atoms with Crippen molar-refractivity contribution in [3.05, 3.63) is 17.8 Å². The van der Waals surface area contributed by atoms with E-state index >= 15 is 0 Å². The van der Waals surface area contributed by atoms with Crippen LogP contribution in [-0.2, 0) is 9.53 Å². The molecular weight excluding hydrogens is 330 g/mol. The number of ether oxygens (including phenoxy) is 2. The predicted octanol–water partition coefficient (Wildman–Crippen LogP) is 1.17. The molecule has 25 heavy (non-hydrogen) atoms. The fourth-order valence-electron chi connectivity index (χ4n) is 2.77. The Labute approximate surface area is 143 Å². The summed E-state index contributed by atoms with van der Waals surface area (Å²) in [6, 6.07) is 2.53. The molecule has 9 heteroatoms. The molecule has 0 aromatic carbocycles. The van der Waals surface area contributed by atoms with Gasteiger partial charge in [0.05, 0.1) is 0 Å². The van der Waals surface area contributed by atoms with E-state index in [0.29, 0.717) is 13.0 Å². The number of nitrogens with one attached hydrogen (secondary N) is 1. The monoisotopic (exact) mass is 349 g/mol. The molecule has 1 aromatic rings. The highest BCUT2D eigenvalue weighted by Crippen LogP contribution is 2.39. The highest BCUT2D eigenvalue weighted by molar-refractivity contribution is 6.17. The van der Waals surface area contributed by atoms with Crippen LogP contribution in [0.15, 0.2) is 12.1 Å². The number of pyridine rings is 1. The number of nitrogens with zero attached hydrogens (tertiary/aromatic N) is 2. The molecule has 0 radical (unpaired) electrons. The van der Waals surface area contributed by atoms with Gasteiger partial charge in [0.15, 0.2) is 5.69 Å². The number of aromatic nitrogens is 1. The number of hydrogen-bond donors (Lipinski definition) is 2. The van der Waals surface area contributed by atoms with Crippen LogP contribution < -0.4 is 15.0 Å². The van der Waals surface area contributed by atoms with E-state index in [9.17, 15) is 14.4 Å². The molecule has 1 fully saturated rings. The van der Waals surface area contributed by atoms with Crippen LogP contribution in [0.4, 0.5) is 10.5 Å². The second-order valence-corrected chi connectivity index (χ2v) is 6.97. The molecule has 2 N–H and O–H groups in total. The molecule has 1 atom stereocenters. The van der Waals surface area contributed by atoms with Crippen LogP contribution in [-0.4, -0.2) is 52.4 Å². The number of hydrogen-bond acceptors (Lipinski definition) is 7. The molecule has 3 rings (SSSR count). The van der Waals surface area contributed by atoms with E-state index in [1.807, 2.05) is 0 Å². The molecule has 2 aliphatic rings. The fraction of sp³-hybridized carbons (Fsp3) is 0.500. The summed E-state index contributed by atoms with van der Waals surface area (Å²) < 4.78 is 11.1. The molecule has 0 bridgehead atoms. The van der Waals surface area contributed by atoms with E-state index in [0.717, 1.165) is 4.90 Å². The van der Waals surface area contributed by atoms with Gasteiger partial charge in [-0.15, -0.1) is 0 Å². The molecule has 0 unspecified atom stereocenters. The van der Waals surface area contributed by atoms with Crippen LogP contribution >= 0.6 is 0 Å². The van der Waals surface area contributed by atoms with Gasteiger partial charge in [0.2, 0.25) is 11.5 Å². The van der Waals surface area contributed by atoms with Crippen molar-refractivity contribution in [2.45, 2.75) is 38.4 Å². The minimum Gasteiger partial charge on any atom is -0.477 e. The van der Waals surface area contributed by atoms with Gasteiger partial charge in [-0.25, -0.2) is 19.5 Å². The molecule has 2 amide bonds. The standard InChI is InChI=1S/C16H19N3O6/c1-15(2,3)25-14(23)19-10-5-4-9(12(20)21)18-11(10)24-16(13(19)22)6-7-17-8-16/h4-5,17H,6-8H2,1-3H3,(H,20,21)/t16-/m1/s1. The zero-order valence-corrected chi connectivity index (χ0v) is 14.2. The first-order valence-corrected chi connectivity index (χ1v) is 7.85. The summed E-state index contributed by atoms with van der Waals surface area (Å²) in [5.74, 6) is -1.86. The largest absolute Gasteiger partial charge is 0.477 e. The summed E-state index contributed by atoms with van der Waals surface area (Å²) in [4.78, 5) is 41.6. The lowest BCUT2D eigenvalue weighted by Gasteiger charge is -2.38. The van der Waals surface area contributed by atoms with Crippen LogP contribution in [0.5, 0.6) is 5.88 Å². The Morgan fingerprint density at radius 3 is 2.68 bits per heavy atom. The Bertz CT molecular complexity index is 749. The third-order valence-electron chi connectivity index (χ3n) is 3.88. The fourth-order valence-corrected chi connectivity index (χ4v) is 2.77. The van der Waals surface area contributed by atoms with Crippen LogP contribution in [0.25, 0.3) is 0 Å². The van der Waals surface area contributed by atoms with Crippen molar-refractivity contribution in [2.75, 3.05) is 18.0 Å². The topological polar surface area (TPSA) is 118 Å². The van der Waals surface area contributed by atoms with Crippen molar-refractivity contribution in [2.24, 2.45) is 0 Å². The van der Waals surface area contributed by atoms with Gasteiger partial charge in [-0.1, -0.05) is 0 Å². The lowest BCUT2D eigenvalue weighted by molar-refractivity contribution is -0.133. The van der Waals surface area contributed by atoms with E-state index in [1.165, 1.54) is 12.1 Å². The summed E-state index contributed by atoms with van der Waals surface area (Å²) in [5, 5.41) is 12.1. The van der Waals surface area contributed by atoms with Crippen molar-refractivity contribution in [1.29, 1.82) is 0 Å². The van der Waals surface area contributed by atoms with Gasteiger partial charge >= 0.3 is 12.1 Å². The van der Waals surface area contributed by atoms with Crippen LogP contribution in [0, 0.1) is 0 Å². The number of amides is 2. The Morgan fingerprint density at radius 1 is 1.40 bits per heavy atom. The van der Waals surface area contributed by atoms with Gasteiger partial charge in [-0.05, 0) is 39.4 Å². The normalized spacial score (nSPS) is 22.5. The molecule has 2 aliphatic heterocycles. The number of imide groups is 1. The van der Waals surface area contributed by atoms with E-state index in [-0.39, 0.29) is 23.8 Å². The first-order valence-electron chi connectivity index (χ1n) is 7.85. The SMILES string of the molecule is CC(C)(C)OC(=O)N1C(=O)[C@]2(CCNC2)Oc2nc(C(=O)O)ccc21. The van der Waals surface area contributed by atoms with Crippen molar-refractivity contribution >= 4 is 23.7 Å². The van der Waals surface area contributed by atoms with E-state index in [4.69, 9.17) is 14.6 Å². The van der Waals surface area contributed by atoms with Crippen molar-refractivity contribution < 1.29 is 29.0 Å². The molecular formula is C16H19N3O6. The third kappa shape index (κ3) is 3.02. The van der Waals surface area contributed by atoms with Crippen molar-refractivity contribution in [3.8, 4) is 5.88 Å². The zero-order chi connectivity index (χ0) is 18.4. The number of carbonyl (C=O) groups excluding carboxylic acids is 2.